The highest BCUT2D eigenvalue weighted by molar-refractivity contribution is 7.80. The van der Waals surface area contributed by atoms with Crippen molar-refractivity contribution in [3.8, 4) is 11.5 Å². The number of hydrogen-bond donors (Lipinski definition) is 1. The Hall–Kier alpha value is -3.71. The number of hydrogen-bond acceptors (Lipinski definition) is 5. The standard InChI is InChI=1S/C23H18N2O4S/c1-28-16-8-5-7-15(12-16)25-22(27)19(21(26)24-23(25)30)13-18-17-9-4-3-6-14(17)10-11-20(18)29-2/h3-13H,1-2H3,(H,24,26,30)/b19-13-. The predicted molar refractivity (Wildman–Crippen MR) is 120 cm³/mol. The molecule has 2 amide bonds. The number of amides is 2. The van der Waals surface area contributed by atoms with Crippen molar-refractivity contribution in [3.05, 3.63) is 71.8 Å². The van der Waals surface area contributed by atoms with E-state index in [0.717, 1.165) is 10.8 Å². The predicted octanol–water partition coefficient (Wildman–Crippen LogP) is 3.69. The van der Waals surface area contributed by atoms with Gasteiger partial charge in [0.05, 0.1) is 19.9 Å². The van der Waals surface area contributed by atoms with Crippen LogP contribution in [0.1, 0.15) is 5.56 Å². The van der Waals surface area contributed by atoms with Crippen LogP contribution >= 0.6 is 12.2 Å². The summed E-state index contributed by atoms with van der Waals surface area (Å²) >= 11 is 5.27. The molecule has 0 unspecified atom stereocenters. The van der Waals surface area contributed by atoms with E-state index in [1.165, 1.54) is 12.0 Å². The molecule has 1 aliphatic rings. The van der Waals surface area contributed by atoms with Gasteiger partial charge >= 0.3 is 0 Å². The van der Waals surface area contributed by atoms with Gasteiger partial charge in [-0.1, -0.05) is 36.4 Å². The molecule has 6 nitrogen and oxygen atoms in total. The maximum absolute atomic E-state index is 13.3. The van der Waals surface area contributed by atoms with Gasteiger partial charge in [-0.15, -0.1) is 0 Å². The van der Waals surface area contributed by atoms with Gasteiger partial charge in [0.1, 0.15) is 17.1 Å². The molecule has 0 radical (unpaired) electrons. The molecule has 0 saturated carbocycles. The van der Waals surface area contributed by atoms with E-state index in [0.29, 0.717) is 22.7 Å². The minimum atomic E-state index is -0.556. The first-order valence-electron chi connectivity index (χ1n) is 9.14. The summed E-state index contributed by atoms with van der Waals surface area (Å²) in [7, 11) is 3.09. The molecule has 1 fully saturated rings. The molecule has 1 N–H and O–H groups in total. The molecule has 0 bridgehead atoms. The van der Waals surface area contributed by atoms with Gasteiger partial charge in [0, 0.05) is 11.6 Å². The lowest BCUT2D eigenvalue weighted by Crippen LogP contribution is -2.54. The fraction of sp³-hybridized carbons (Fsp3) is 0.0870. The Labute approximate surface area is 178 Å². The van der Waals surface area contributed by atoms with E-state index in [2.05, 4.69) is 5.32 Å². The Morgan fingerprint density at radius 1 is 0.967 bits per heavy atom. The molecule has 150 valence electrons. The second-order valence-electron chi connectivity index (χ2n) is 6.56. The zero-order valence-corrected chi connectivity index (χ0v) is 17.2. The van der Waals surface area contributed by atoms with E-state index in [9.17, 15) is 9.59 Å². The number of anilines is 1. The topological polar surface area (TPSA) is 67.9 Å². The van der Waals surface area contributed by atoms with Crippen LogP contribution in [0.25, 0.3) is 16.8 Å². The number of rotatable bonds is 4. The van der Waals surface area contributed by atoms with Gasteiger partial charge in [0.15, 0.2) is 5.11 Å². The molecule has 0 aromatic heterocycles. The van der Waals surface area contributed by atoms with Crippen molar-refractivity contribution in [2.24, 2.45) is 0 Å². The first-order chi connectivity index (χ1) is 14.5. The molecule has 30 heavy (non-hydrogen) atoms. The third-order valence-corrected chi connectivity index (χ3v) is 5.14. The molecule has 0 atom stereocenters. The molecule has 0 spiro atoms. The Bertz CT molecular complexity index is 1220. The lowest BCUT2D eigenvalue weighted by Gasteiger charge is -2.29. The summed E-state index contributed by atoms with van der Waals surface area (Å²) in [6.07, 6.45) is 1.55. The van der Waals surface area contributed by atoms with E-state index < -0.39 is 11.8 Å². The monoisotopic (exact) mass is 418 g/mol. The second kappa shape index (κ2) is 7.96. The van der Waals surface area contributed by atoms with Gasteiger partial charge in [-0.25, -0.2) is 0 Å². The van der Waals surface area contributed by atoms with E-state index >= 15 is 0 Å². The van der Waals surface area contributed by atoms with Crippen molar-refractivity contribution < 1.29 is 19.1 Å². The average molecular weight is 418 g/mol. The molecule has 3 aromatic carbocycles. The van der Waals surface area contributed by atoms with Gasteiger partial charge in [-0.2, -0.15) is 0 Å². The lowest BCUT2D eigenvalue weighted by molar-refractivity contribution is -0.122. The van der Waals surface area contributed by atoms with Crippen LogP contribution in [-0.4, -0.2) is 31.1 Å². The smallest absolute Gasteiger partial charge is 0.270 e. The van der Waals surface area contributed by atoms with E-state index in [4.69, 9.17) is 21.7 Å². The van der Waals surface area contributed by atoms with Crippen LogP contribution < -0.4 is 19.7 Å². The minimum Gasteiger partial charge on any atom is -0.497 e. The Morgan fingerprint density at radius 3 is 2.53 bits per heavy atom. The van der Waals surface area contributed by atoms with Crippen molar-refractivity contribution in [1.82, 2.24) is 5.32 Å². The number of fused-ring (bicyclic) bond motifs is 1. The number of benzene rings is 3. The SMILES string of the molecule is COc1cccc(N2C(=O)/C(=C\c3c(OC)ccc4ccccc34)C(=O)NC2=S)c1. The average Bonchev–Trinajstić information content (AvgIpc) is 2.76. The number of nitrogens with zero attached hydrogens (tertiary/aromatic N) is 1. The Morgan fingerprint density at radius 2 is 1.77 bits per heavy atom. The zero-order chi connectivity index (χ0) is 21.3. The van der Waals surface area contributed by atoms with Crippen molar-refractivity contribution in [2.45, 2.75) is 0 Å². The number of thiocarbonyl (C=S) groups is 1. The number of carbonyl (C=O) groups excluding carboxylic acids is 2. The van der Waals surface area contributed by atoms with Crippen molar-refractivity contribution in [2.75, 3.05) is 19.1 Å². The van der Waals surface area contributed by atoms with Crippen molar-refractivity contribution >= 4 is 51.7 Å². The molecule has 3 aromatic rings. The van der Waals surface area contributed by atoms with Gasteiger partial charge in [0.25, 0.3) is 11.8 Å². The molecular formula is C23H18N2O4S. The van der Waals surface area contributed by atoms with Crippen molar-refractivity contribution in [1.29, 1.82) is 0 Å². The fourth-order valence-electron chi connectivity index (χ4n) is 3.39. The number of methoxy groups -OCH3 is 2. The highest BCUT2D eigenvalue weighted by Gasteiger charge is 2.35. The number of nitrogens with one attached hydrogen (secondary N) is 1. The second-order valence-corrected chi connectivity index (χ2v) is 6.95. The molecule has 1 aliphatic heterocycles. The van der Waals surface area contributed by atoms with Gasteiger partial charge < -0.3 is 9.47 Å². The van der Waals surface area contributed by atoms with Crippen LogP contribution in [0.4, 0.5) is 5.69 Å². The lowest BCUT2D eigenvalue weighted by atomic mass is 9.99. The van der Waals surface area contributed by atoms with E-state index in [1.54, 1.807) is 37.5 Å². The van der Waals surface area contributed by atoms with Crippen LogP contribution in [0.5, 0.6) is 11.5 Å². The highest BCUT2D eigenvalue weighted by atomic mass is 32.1. The fourth-order valence-corrected chi connectivity index (χ4v) is 3.67. The molecule has 1 saturated heterocycles. The van der Waals surface area contributed by atoms with Crippen LogP contribution in [0.15, 0.2) is 66.2 Å². The van der Waals surface area contributed by atoms with Gasteiger partial charge in [0.2, 0.25) is 0 Å². The first-order valence-corrected chi connectivity index (χ1v) is 9.55. The molecule has 4 rings (SSSR count). The van der Waals surface area contributed by atoms with Crippen LogP contribution in [0.3, 0.4) is 0 Å². The maximum atomic E-state index is 13.3. The summed E-state index contributed by atoms with van der Waals surface area (Å²) in [6.45, 7) is 0. The van der Waals surface area contributed by atoms with E-state index in [-0.39, 0.29) is 10.7 Å². The molecule has 0 aliphatic carbocycles. The molecule has 1 heterocycles. The highest BCUT2D eigenvalue weighted by Crippen LogP contribution is 2.32. The Balaban J connectivity index is 1.85. The summed E-state index contributed by atoms with van der Waals surface area (Å²) < 4.78 is 10.7. The molecule has 7 heteroatoms. The summed E-state index contributed by atoms with van der Waals surface area (Å²) in [4.78, 5) is 27.3. The van der Waals surface area contributed by atoms with Crippen LogP contribution in [0.2, 0.25) is 0 Å². The minimum absolute atomic E-state index is 0.0142. The molecular weight excluding hydrogens is 400 g/mol. The third-order valence-electron chi connectivity index (χ3n) is 4.85. The third kappa shape index (κ3) is 3.40. The first kappa shape index (κ1) is 19.6. The quantitative estimate of drug-likeness (QED) is 0.398. The van der Waals surface area contributed by atoms with Gasteiger partial charge in [-0.05, 0) is 47.3 Å². The Kier molecular flexibility index (Phi) is 5.20. The zero-order valence-electron chi connectivity index (χ0n) is 16.3. The van der Waals surface area contributed by atoms with Gasteiger partial charge in [-0.3, -0.25) is 19.8 Å². The summed E-state index contributed by atoms with van der Waals surface area (Å²) in [6, 6.07) is 18.3. The van der Waals surface area contributed by atoms with E-state index in [1.807, 2.05) is 36.4 Å². The van der Waals surface area contributed by atoms with Crippen molar-refractivity contribution in [3.63, 3.8) is 0 Å². The normalized spacial score (nSPS) is 15.5. The number of carbonyl (C=O) groups is 2. The van der Waals surface area contributed by atoms with Crippen LogP contribution in [-0.2, 0) is 9.59 Å². The van der Waals surface area contributed by atoms with Crippen LogP contribution in [0, 0.1) is 0 Å². The largest absolute Gasteiger partial charge is 0.497 e. The summed E-state index contributed by atoms with van der Waals surface area (Å²) in [5, 5.41) is 4.45. The number of ether oxygens (including phenoxy) is 2. The summed E-state index contributed by atoms with van der Waals surface area (Å²) in [5.41, 5.74) is 1.11. The summed E-state index contributed by atoms with van der Waals surface area (Å²) in [5.74, 6) is 0.0512. The maximum Gasteiger partial charge on any atom is 0.270 e.